The molecule has 1 aromatic carbocycles. The van der Waals surface area contributed by atoms with E-state index in [0.29, 0.717) is 16.5 Å². The first-order chi connectivity index (χ1) is 16.7. The predicted octanol–water partition coefficient (Wildman–Crippen LogP) is 4.41. The van der Waals surface area contributed by atoms with E-state index >= 15 is 0 Å². The van der Waals surface area contributed by atoms with Gasteiger partial charge in [-0.15, -0.1) is 0 Å². The normalized spacial score (nSPS) is 17.9. The number of nitrogens with one attached hydrogen (secondary N) is 2. The number of aromatic nitrogens is 2. The van der Waals surface area contributed by atoms with Gasteiger partial charge in [-0.05, 0) is 75.0 Å². The minimum Gasteiger partial charge on any atom is -0.495 e. The highest BCUT2D eigenvalue weighted by molar-refractivity contribution is 7.80. The van der Waals surface area contributed by atoms with Crippen molar-refractivity contribution in [1.29, 1.82) is 0 Å². The third-order valence-corrected chi connectivity index (χ3v) is 6.26. The number of amides is 1. The molecule has 4 rings (SSSR count). The Labute approximate surface area is 211 Å². The van der Waals surface area contributed by atoms with E-state index in [-0.39, 0.29) is 30.1 Å². The van der Waals surface area contributed by atoms with E-state index in [4.69, 9.17) is 21.7 Å². The number of thiocarbonyl (C=S) groups is 1. The fourth-order valence-corrected chi connectivity index (χ4v) is 4.58. The molecule has 1 amide bonds. The number of hydrogen-bond donors (Lipinski definition) is 2. The number of methoxy groups -OCH3 is 2. The van der Waals surface area contributed by atoms with Gasteiger partial charge >= 0.3 is 0 Å². The van der Waals surface area contributed by atoms with Crippen LogP contribution in [0.15, 0.2) is 61.1 Å². The fraction of sp³-hybridized carbons (Fsp3) is 0.346. The highest BCUT2D eigenvalue weighted by Gasteiger charge is 2.41. The van der Waals surface area contributed by atoms with Gasteiger partial charge in [0.05, 0.1) is 30.6 Å². The molecule has 0 saturated carbocycles. The van der Waals surface area contributed by atoms with Crippen molar-refractivity contribution in [3.63, 3.8) is 0 Å². The van der Waals surface area contributed by atoms with Crippen molar-refractivity contribution in [3.8, 4) is 5.75 Å². The quantitative estimate of drug-likeness (QED) is 0.472. The monoisotopic (exact) mass is 493 g/mol. The summed E-state index contributed by atoms with van der Waals surface area (Å²) in [5.74, 6) is 0.281. The van der Waals surface area contributed by atoms with Gasteiger partial charge in [0.2, 0.25) is 5.91 Å². The zero-order valence-corrected chi connectivity index (χ0v) is 21.4. The summed E-state index contributed by atoms with van der Waals surface area (Å²) in [5.41, 5.74) is 3.30. The Morgan fingerprint density at radius 2 is 2.00 bits per heavy atom. The number of ether oxygens (including phenoxy) is 2. The average molecular weight is 494 g/mol. The van der Waals surface area contributed by atoms with E-state index in [9.17, 15) is 4.79 Å². The maximum Gasteiger partial charge on any atom is 0.250 e. The second-order valence-electron chi connectivity index (χ2n) is 9.39. The van der Waals surface area contributed by atoms with Crippen molar-refractivity contribution in [1.82, 2.24) is 14.9 Å². The van der Waals surface area contributed by atoms with Crippen molar-refractivity contribution < 1.29 is 14.3 Å². The lowest BCUT2D eigenvalue weighted by Gasteiger charge is -2.28. The summed E-state index contributed by atoms with van der Waals surface area (Å²) < 4.78 is 12.6. The van der Waals surface area contributed by atoms with Crippen LogP contribution in [0.2, 0.25) is 0 Å². The average Bonchev–Trinajstić information content (AvgIpc) is 3.44. The van der Waals surface area contributed by atoms with E-state index in [0.717, 1.165) is 16.9 Å². The van der Waals surface area contributed by atoms with Gasteiger partial charge in [0, 0.05) is 36.9 Å². The Kier molecular flexibility index (Phi) is 7.09. The van der Waals surface area contributed by atoms with Crippen LogP contribution >= 0.6 is 12.2 Å². The van der Waals surface area contributed by atoms with Gasteiger partial charge in [-0.25, -0.2) is 0 Å². The summed E-state index contributed by atoms with van der Waals surface area (Å²) >= 11 is 5.83. The van der Waals surface area contributed by atoms with Crippen molar-refractivity contribution in [2.75, 3.05) is 31.0 Å². The van der Waals surface area contributed by atoms with Gasteiger partial charge in [0.1, 0.15) is 12.4 Å². The number of nitrogens with zero attached hydrogens (tertiary/aromatic N) is 3. The predicted molar refractivity (Wildman–Crippen MR) is 141 cm³/mol. The molecule has 2 N–H and O–H groups in total. The zero-order chi connectivity index (χ0) is 25.2. The number of carbonyl (C=O) groups excluding carboxylic acids is 1. The number of pyridine rings is 1. The number of hydrogen-bond acceptors (Lipinski definition) is 5. The van der Waals surface area contributed by atoms with Gasteiger partial charge in [0.25, 0.3) is 0 Å². The Morgan fingerprint density at radius 1 is 1.20 bits per heavy atom. The SMILES string of the molecule is COCC(=O)Nc1cc(N2C(=S)N[C@@H](c3ccccn3)[C@@H]2c2ccn(C(C)(C)C)c2)ccc1OC. The summed E-state index contributed by atoms with van der Waals surface area (Å²) in [5, 5.41) is 6.92. The molecular weight excluding hydrogens is 462 g/mol. The van der Waals surface area contributed by atoms with Crippen LogP contribution in [0.4, 0.5) is 11.4 Å². The molecule has 8 nitrogen and oxygen atoms in total. The molecule has 1 saturated heterocycles. The van der Waals surface area contributed by atoms with Gasteiger partial charge < -0.3 is 29.6 Å². The minimum absolute atomic E-state index is 0.0538. The molecule has 3 aromatic rings. The van der Waals surface area contributed by atoms with Crippen molar-refractivity contribution >= 4 is 34.6 Å². The van der Waals surface area contributed by atoms with Crippen LogP contribution < -0.4 is 20.3 Å². The van der Waals surface area contributed by atoms with Crippen LogP contribution in [0.5, 0.6) is 5.75 Å². The molecule has 184 valence electrons. The number of benzene rings is 1. The molecule has 0 aliphatic carbocycles. The number of rotatable bonds is 7. The smallest absolute Gasteiger partial charge is 0.250 e. The molecule has 35 heavy (non-hydrogen) atoms. The lowest BCUT2D eigenvalue weighted by molar-refractivity contribution is -0.119. The molecule has 9 heteroatoms. The van der Waals surface area contributed by atoms with E-state index in [1.54, 1.807) is 13.3 Å². The first-order valence-corrected chi connectivity index (χ1v) is 11.8. The summed E-state index contributed by atoms with van der Waals surface area (Å²) in [4.78, 5) is 18.9. The van der Waals surface area contributed by atoms with Crippen LogP contribution in [0, 0.1) is 0 Å². The van der Waals surface area contributed by atoms with Gasteiger partial charge in [-0.1, -0.05) is 6.07 Å². The molecule has 0 radical (unpaired) electrons. The molecule has 0 bridgehead atoms. The summed E-state index contributed by atoms with van der Waals surface area (Å²) in [7, 11) is 3.05. The fourth-order valence-electron chi connectivity index (χ4n) is 4.24. The second-order valence-corrected chi connectivity index (χ2v) is 9.77. The molecular formula is C26H31N5O3S. The highest BCUT2D eigenvalue weighted by atomic mass is 32.1. The Morgan fingerprint density at radius 3 is 2.63 bits per heavy atom. The Hall–Kier alpha value is -3.43. The summed E-state index contributed by atoms with van der Waals surface area (Å²) in [6, 6.07) is 13.3. The first kappa shape index (κ1) is 24.7. The van der Waals surface area contributed by atoms with Crippen molar-refractivity contribution in [3.05, 3.63) is 72.3 Å². The maximum atomic E-state index is 12.2. The molecule has 0 unspecified atom stereocenters. The largest absolute Gasteiger partial charge is 0.495 e. The molecule has 0 spiro atoms. The molecule has 2 aromatic heterocycles. The first-order valence-electron chi connectivity index (χ1n) is 11.4. The van der Waals surface area contributed by atoms with Crippen LogP contribution in [-0.4, -0.2) is 41.4 Å². The maximum absolute atomic E-state index is 12.2. The topological polar surface area (TPSA) is 80.7 Å². The van der Waals surface area contributed by atoms with Gasteiger partial charge in [0.15, 0.2) is 5.11 Å². The molecule has 1 aliphatic rings. The van der Waals surface area contributed by atoms with Crippen LogP contribution in [0.3, 0.4) is 0 Å². The standard InChI is InChI=1S/C26H31N5O3S/c1-26(2,3)30-13-11-17(15-30)24-23(19-8-6-7-12-27-19)29-25(35)31(24)18-9-10-21(34-5)20(14-18)28-22(32)16-33-4/h6-15,23-24H,16H2,1-5H3,(H,28,32)(H,29,35)/t23-,24-/m0/s1. The molecule has 3 heterocycles. The van der Waals surface area contributed by atoms with E-state index in [2.05, 4.69) is 64.3 Å². The Balaban J connectivity index is 1.79. The second kappa shape index (κ2) is 10.1. The molecule has 1 aliphatic heterocycles. The number of anilines is 2. The lowest BCUT2D eigenvalue weighted by Crippen LogP contribution is -2.29. The number of carbonyl (C=O) groups is 1. The third kappa shape index (κ3) is 5.16. The van der Waals surface area contributed by atoms with Crippen LogP contribution in [-0.2, 0) is 15.1 Å². The lowest BCUT2D eigenvalue weighted by atomic mass is 9.98. The van der Waals surface area contributed by atoms with Gasteiger partial charge in [-0.3, -0.25) is 9.78 Å². The van der Waals surface area contributed by atoms with Crippen LogP contribution in [0.25, 0.3) is 0 Å². The van der Waals surface area contributed by atoms with Gasteiger partial charge in [-0.2, -0.15) is 0 Å². The Bertz CT molecular complexity index is 1210. The van der Waals surface area contributed by atoms with Crippen molar-refractivity contribution in [2.45, 2.75) is 38.4 Å². The van der Waals surface area contributed by atoms with E-state index in [1.807, 2.05) is 36.4 Å². The minimum atomic E-state index is -0.268. The van der Waals surface area contributed by atoms with E-state index in [1.165, 1.54) is 7.11 Å². The van der Waals surface area contributed by atoms with Crippen LogP contribution in [0.1, 0.15) is 44.1 Å². The highest BCUT2D eigenvalue weighted by Crippen LogP contribution is 2.43. The third-order valence-electron chi connectivity index (χ3n) is 5.94. The zero-order valence-electron chi connectivity index (χ0n) is 20.6. The molecule has 2 atom stereocenters. The molecule has 1 fully saturated rings. The van der Waals surface area contributed by atoms with E-state index < -0.39 is 0 Å². The summed E-state index contributed by atoms with van der Waals surface area (Å²) in [6.07, 6.45) is 6.04. The van der Waals surface area contributed by atoms with Crippen molar-refractivity contribution in [2.24, 2.45) is 0 Å². The summed E-state index contributed by atoms with van der Waals surface area (Å²) in [6.45, 7) is 6.45.